The molecule has 0 unspecified atom stereocenters. The van der Waals surface area contributed by atoms with E-state index in [0.717, 1.165) is 28.9 Å². The Morgan fingerprint density at radius 3 is 2.57 bits per heavy atom. The summed E-state index contributed by atoms with van der Waals surface area (Å²) in [5.41, 5.74) is 9.24. The monoisotopic (exact) mass is 406 g/mol. The lowest BCUT2D eigenvalue weighted by Gasteiger charge is -2.11. The second-order valence-corrected chi connectivity index (χ2v) is 7.04. The second kappa shape index (κ2) is 9.73. The van der Waals surface area contributed by atoms with E-state index in [1.54, 1.807) is 12.1 Å². The molecule has 1 heterocycles. The van der Waals surface area contributed by atoms with Gasteiger partial charge in [0.15, 0.2) is 6.61 Å². The van der Waals surface area contributed by atoms with Crippen molar-refractivity contribution in [2.24, 2.45) is 0 Å². The van der Waals surface area contributed by atoms with Crippen LogP contribution in [-0.4, -0.2) is 28.2 Å². The van der Waals surface area contributed by atoms with Crippen molar-refractivity contribution in [2.75, 3.05) is 6.61 Å². The summed E-state index contributed by atoms with van der Waals surface area (Å²) in [5.74, 6) is -0.168. The number of para-hydroxylation sites is 1. The van der Waals surface area contributed by atoms with E-state index >= 15 is 0 Å². The zero-order chi connectivity index (χ0) is 21.5. The Morgan fingerprint density at radius 2 is 1.83 bits per heavy atom. The predicted octanol–water partition coefficient (Wildman–Crippen LogP) is 2.95. The molecule has 0 saturated heterocycles. The van der Waals surface area contributed by atoms with E-state index in [4.69, 9.17) is 4.74 Å². The summed E-state index contributed by atoms with van der Waals surface area (Å²) in [6.07, 6.45) is 0.808. The standard InChI is InChI=1S/C23H26N4O3/c1-4-19-9-5-6-11-21(19)30-15-22(28)24-25-23(29)20-10-7-8-18(13-20)14-27-17(3)12-16(2)26-27/h5-13H,4,14-15H2,1-3H3,(H,24,28)(H,25,29). The van der Waals surface area contributed by atoms with Gasteiger partial charge in [-0.3, -0.25) is 25.1 Å². The fourth-order valence-electron chi connectivity index (χ4n) is 3.13. The van der Waals surface area contributed by atoms with E-state index in [2.05, 4.69) is 16.0 Å². The van der Waals surface area contributed by atoms with Crippen molar-refractivity contribution < 1.29 is 14.3 Å². The second-order valence-electron chi connectivity index (χ2n) is 7.04. The maximum absolute atomic E-state index is 12.4. The summed E-state index contributed by atoms with van der Waals surface area (Å²) in [6, 6.07) is 16.8. The number of hydrogen-bond acceptors (Lipinski definition) is 4. The SMILES string of the molecule is CCc1ccccc1OCC(=O)NNC(=O)c1cccc(Cn2nc(C)cc2C)c1. The molecule has 30 heavy (non-hydrogen) atoms. The van der Waals surface area contributed by atoms with Crippen LogP contribution in [0.4, 0.5) is 0 Å². The number of benzene rings is 2. The highest BCUT2D eigenvalue weighted by molar-refractivity contribution is 5.95. The van der Waals surface area contributed by atoms with Gasteiger partial charge >= 0.3 is 0 Å². The van der Waals surface area contributed by atoms with E-state index < -0.39 is 11.8 Å². The molecular formula is C23H26N4O3. The zero-order valence-electron chi connectivity index (χ0n) is 17.4. The Balaban J connectivity index is 1.53. The fraction of sp³-hybridized carbons (Fsp3) is 0.261. The van der Waals surface area contributed by atoms with Crippen molar-refractivity contribution in [1.82, 2.24) is 20.6 Å². The van der Waals surface area contributed by atoms with Crippen LogP contribution in [0.2, 0.25) is 0 Å². The van der Waals surface area contributed by atoms with Crippen LogP contribution in [-0.2, 0) is 17.8 Å². The van der Waals surface area contributed by atoms with Gasteiger partial charge in [-0.15, -0.1) is 0 Å². The van der Waals surface area contributed by atoms with Crippen LogP contribution in [0.15, 0.2) is 54.6 Å². The number of carbonyl (C=O) groups is 2. The van der Waals surface area contributed by atoms with Gasteiger partial charge in [0.25, 0.3) is 11.8 Å². The van der Waals surface area contributed by atoms with Gasteiger partial charge in [0.05, 0.1) is 12.2 Å². The molecule has 156 valence electrons. The van der Waals surface area contributed by atoms with E-state index in [9.17, 15) is 9.59 Å². The van der Waals surface area contributed by atoms with E-state index in [-0.39, 0.29) is 6.61 Å². The van der Waals surface area contributed by atoms with Crippen molar-refractivity contribution in [2.45, 2.75) is 33.7 Å². The molecule has 0 fully saturated rings. The number of aryl methyl sites for hydroxylation is 3. The van der Waals surface area contributed by atoms with Crippen LogP contribution in [0.25, 0.3) is 0 Å². The fourth-order valence-corrected chi connectivity index (χ4v) is 3.13. The summed E-state index contributed by atoms with van der Waals surface area (Å²) < 4.78 is 7.44. The zero-order valence-corrected chi connectivity index (χ0v) is 17.4. The smallest absolute Gasteiger partial charge is 0.276 e. The first-order valence-electron chi connectivity index (χ1n) is 9.86. The van der Waals surface area contributed by atoms with Gasteiger partial charge < -0.3 is 4.74 Å². The Hall–Kier alpha value is -3.61. The quantitative estimate of drug-likeness (QED) is 0.591. The molecule has 0 atom stereocenters. The average molecular weight is 406 g/mol. The molecular weight excluding hydrogens is 380 g/mol. The molecule has 2 N–H and O–H groups in total. The van der Waals surface area contributed by atoms with Crippen LogP contribution >= 0.6 is 0 Å². The molecule has 0 aliphatic heterocycles. The van der Waals surface area contributed by atoms with Gasteiger partial charge in [-0.2, -0.15) is 5.10 Å². The molecule has 0 aliphatic rings. The van der Waals surface area contributed by atoms with E-state index in [1.807, 2.05) is 67.9 Å². The third kappa shape index (κ3) is 5.47. The molecule has 0 aliphatic carbocycles. The number of hydrazine groups is 1. The van der Waals surface area contributed by atoms with Crippen molar-refractivity contribution in [1.29, 1.82) is 0 Å². The molecule has 1 aromatic heterocycles. The molecule has 0 saturated carbocycles. The Labute approximate surface area is 176 Å². The third-order valence-corrected chi connectivity index (χ3v) is 4.65. The lowest BCUT2D eigenvalue weighted by atomic mass is 10.1. The van der Waals surface area contributed by atoms with Gasteiger partial charge in [0.1, 0.15) is 5.75 Å². The first kappa shape index (κ1) is 21.1. The van der Waals surface area contributed by atoms with Gasteiger partial charge in [0.2, 0.25) is 0 Å². The lowest BCUT2D eigenvalue weighted by Crippen LogP contribution is -2.43. The molecule has 3 aromatic rings. The highest BCUT2D eigenvalue weighted by atomic mass is 16.5. The van der Waals surface area contributed by atoms with Crippen LogP contribution in [0.1, 0.15) is 39.8 Å². The van der Waals surface area contributed by atoms with Gasteiger partial charge in [-0.05, 0) is 55.7 Å². The number of nitrogens with one attached hydrogen (secondary N) is 2. The van der Waals surface area contributed by atoms with Gasteiger partial charge in [-0.25, -0.2) is 0 Å². The highest BCUT2D eigenvalue weighted by Crippen LogP contribution is 2.17. The minimum Gasteiger partial charge on any atom is -0.483 e. The van der Waals surface area contributed by atoms with Crippen molar-refractivity contribution in [3.63, 3.8) is 0 Å². The molecule has 0 bridgehead atoms. The summed E-state index contributed by atoms with van der Waals surface area (Å²) in [5, 5.41) is 4.44. The van der Waals surface area contributed by atoms with Crippen molar-refractivity contribution in [3.05, 3.63) is 82.7 Å². The van der Waals surface area contributed by atoms with Gasteiger partial charge in [0, 0.05) is 11.3 Å². The molecule has 7 nitrogen and oxygen atoms in total. The predicted molar refractivity (Wildman–Crippen MR) is 114 cm³/mol. The van der Waals surface area contributed by atoms with Crippen LogP contribution in [0, 0.1) is 13.8 Å². The largest absolute Gasteiger partial charge is 0.483 e. The van der Waals surface area contributed by atoms with Gasteiger partial charge in [-0.1, -0.05) is 37.3 Å². The first-order chi connectivity index (χ1) is 14.5. The molecule has 0 radical (unpaired) electrons. The normalized spacial score (nSPS) is 10.5. The van der Waals surface area contributed by atoms with E-state index in [1.165, 1.54) is 0 Å². The molecule has 2 aromatic carbocycles. The number of ether oxygens (including phenoxy) is 1. The van der Waals surface area contributed by atoms with Crippen molar-refractivity contribution >= 4 is 11.8 Å². The number of aromatic nitrogens is 2. The maximum atomic E-state index is 12.4. The minimum absolute atomic E-state index is 0.185. The number of hydrogen-bond donors (Lipinski definition) is 2. The van der Waals surface area contributed by atoms with Crippen molar-refractivity contribution in [3.8, 4) is 5.75 Å². The minimum atomic E-state index is -0.437. The number of rotatable bonds is 7. The summed E-state index contributed by atoms with van der Waals surface area (Å²) in [6.45, 7) is 6.34. The summed E-state index contributed by atoms with van der Waals surface area (Å²) in [7, 11) is 0. The average Bonchev–Trinajstić information content (AvgIpc) is 3.07. The van der Waals surface area contributed by atoms with Crippen LogP contribution < -0.4 is 15.6 Å². The molecule has 3 rings (SSSR count). The van der Waals surface area contributed by atoms with Crippen LogP contribution in [0.3, 0.4) is 0 Å². The summed E-state index contributed by atoms with van der Waals surface area (Å²) in [4.78, 5) is 24.4. The Kier molecular flexibility index (Phi) is 6.85. The number of carbonyl (C=O) groups excluding carboxylic acids is 2. The van der Waals surface area contributed by atoms with Crippen LogP contribution in [0.5, 0.6) is 5.75 Å². The Bertz CT molecular complexity index is 1040. The maximum Gasteiger partial charge on any atom is 0.276 e. The molecule has 2 amide bonds. The topological polar surface area (TPSA) is 85.3 Å². The first-order valence-corrected chi connectivity index (χ1v) is 9.86. The number of amides is 2. The third-order valence-electron chi connectivity index (χ3n) is 4.65. The lowest BCUT2D eigenvalue weighted by molar-refractivity contribution is -0.123. The molecule has 0 spiro atoms. The number of nitrogens with zero attached hydrogens (tertiary/aromatic N) is 2. The highest BCUT2D eigenvalue weighted by Gasteiger charge is 2.10. The Morgan fingerprint density at radius 1 is 1.03 bits per heavy atom. The van der Waals surface area contributed by atoms with E-state index in [0.29, 0.717) is 17.9 Å². The summed E-state index contributed by atoms with van der Waals surface area (Å²) >= 11 is 0. The molecule has 7 heteroatoms.